The average molecular weight is 804 g/mol. The molecule has 1 unspecified atom stereocenters. The summed E-state index contributed by atoms with van der Waals surface area (Å²) in [6, 6.07) is 31.1. The Morgan fingerprint density at radius 1 is 0.621 bits per heavy atom. The fraction of sp³-hybridized carbons (Fsp3) is 0.289. The molecule has 0 aliphatic carbocycles. The number of allylic oxidation sites excluding steroid dienone is 1. The summed E-state index contributed by atoms with van der Waals surface area (Å²) in [5.41, 5.74) is 4.09. The molecule has 4 aromatic carbocycles. The summed E-state index contributed by atoms with van der Waals surface area (Å²) in [6.45, 7) is 1.48. The topological polar surface area (TPSA) is 172 Å². The molecule has 13 heteroatoms. The van der Waals surface area contributed by atoms with Gasteiger partial charge in [0.2, 0.25) is 29.5 Å². The molecule has 1 aliphatic rings. The second-order valence-electron chi connectivity index (χ2n) is 14.0. The number of carbonyl (C=O) groups excluding carboxylic acids is 6. The number of thioether (sulfide) groups is 1. The second kappa shape index (κ2) is 21.9. The monoisotopic (exact) mass is 803 g/mol. The van der Waals surface area contributed by atoms with Crippen LogP contribution < -0.4 is 26.6 Å². The van der Waals surface area contributed by atoms with Gasteiger partial charge in [-0.05, 0) is 59.6 Å². The van der Waals surface area contributed by atoms with Gasteiger partial charge in [0.25, 0.3) is 0 Å². The van der Waals surface area contributed by atoms with Gasteiger partial charge in [-0.1, -0.05) is 109 Å². The van der Waals surface area contributed by atoms with Gasteiger partial charge < -0.3 is 31.3 Å². The van der Waals surface area contributed by atoms with Crippen molar-refractivity contribution < 1.29 is 33.5 Å². The molecule has 0 spiro atoms. The zero-order chi connectivity index (χ0) is 41.3. The number of benzene rings is 4. The molecule has 4 aromatic rings. The minimum Gasteiger partial charge on any atom is -0.467 e. The van der Waals surface area contributed by atoms with Gasteiger partial charge in [0.05, 0.1) is 7.11 Å². The largest absolute Gasteiger partial charge is 0.467 e. The molecule has 1 heterocycles. The molecule has 5 N–H and O–H groups in total. The molecule has 5 atom stereocenters. The van der Waals surface area contributed by atoms with Crippen molar-refractivity contribution in [2.75, 3.05) is 12.4 Å². The number of esters is 1. The van der Waals surface area contributed by atoms with E-state index in [0.29, 0.717) is 12.1 Å². The molecular formula is C45H49N5O7S. The highest BCUT2D eigenvalue weighted by atomic mass is 32.2. The van der Waals surface area contributed by atoms with Gasteiger partial charge in [-0.15, -0.1) is 11.8 Å². The van der Waals surface area contributed by atoms with Crippen molar-refractivity contribution in [2.45, 2.75) is 74.9 Å². The van der Waals surface area contributed by atoms with E-state index >= 15 is 0 Å². The molecule has 302 valence electrons. The third-order valence-electron chi connectivity index (χ3n) is 9.52. The van der Waals surface area contributed by atoms with Crippen LogP contribution in [0.1, 0.15) is 43.7 Å². The Kier molecular flexibility index (Phi) is 16.2. The third-order valence-corrected chi connectivity index (χ3v) is 10.6. The van der Waals surface area contributed by atoms with Crippen LogP contribution in [0.3, 0.4) is 0 Å². The quantitative estimate of drug-likeness (QED) is 0.0816. The van der Waals surface area contributed by atoms with Crippen LogP contribution in [0.15, 0.2) is 127 Å². The standard InChI is InChI=1S/C45H49N5O7S/c1-30(45(56)57-2)46-42(53)37(27-31-13-6-3-7-14-31)49-43(54)38(28-32-20-22-34(23-21-32)33-15-8-4-9-16-33)50-44(55)39(29-36-19-12-26-58-36)48-41(52)25-24-40(51)47-35-17-10-5-11-18-35/h3-18,20-23,26,30,36-39H,19,24-25,27-29H2,1-2H3,(H,46,53)(H,47,51)(H,48,52)(H,49,54)(H,50,55)/t30-,36?,37+,38-,39+/m0/s1. The number of anilines is 1. The van der Waals surface area contributed by atoms with Crippen LogP contribution in [0.2, 0.25) is 0 Å². The van der Waals surface area contributed by atoms with Crippen molar-refractivity contribution in [1.82, 2.24) is 21.3 Å². The summed E-state index contributed by atoms with van der Waals surface area (Å²) in [7, 11) is 1.22. The normalized spacial score (nSPS) is 15.2. The lowest BCUT2D eigenvalue weighted by molar-refractivity contribution is -0.144. The maximum absolute atomic E-state index is 14.3. The lowest BCUT2D eigenvalue weighted by atomic mass is 9.99. The van der Waals surface area contributed by atoms with E-state index in [1.165, 1.54) is 14.0 Å². The maximum atomic E-state index is 14.3. The van der Waals surface area contributed by atoms with E-state index in [4.69, 9.17) is 4.74 Å². The highest BCUT2D eigenvalue weighted by molar-refractivity contribution is 8.03. The molecule has 0 saturated heterocycles. The Hall–Kier alpha value is -6.21. The maximum Gasteiger partial charge on any atom is 0.328 e. The van der Waals surface area contributed by atoms with Crippen LogP contribution in [0.5, 0.6) is 0 Å². The number of carbonyl (C=O) groups is 6. The Morgan fingerprint density at radius 2 is 1.14 bits per heavy atom. The lowest BCUT2D eigenvalue weighted by Crippen LogP contribution is -2.58. The smallest absolute Gasteiger partial charge is 0.328 e. The van der Waals surface area contributed by atoms with E-state index in [9.17, 15) is 28.8 Å². The summed E-state index contributed by atoms with van der Waals surface area (Å²) >= 11 is 1.55. The van der Waals surface area contributed by atoms with Crippen LogP contribution in [-0.4, -0.2) is 72.0 Å². The van der Waals surface area contributed by atoms with Crippen LogP contribution in [0.4, 0.5) is 5.69 Å². The minimum atomic E-state index is -1.18. The fourth-order valence-electron chi connectivity index (χ4n) is 6.38. The first-order valence-corrected chi connectivity index (χ1v) is 20.1. The number of rotatable bonds is 19. The molecule has 1 aliphatic heterocycles. The van der Waals surface area contributed by atoms with Gasteiger partial charge in [0.15, 0.2) is 0 Å². The number of nitrogens with one attached hydrogen (secondary N) is 5. The van der Waals surface area contributed by atoms with Crippen LogP contribution in [0.25, 0.3) is 11.1 Å². The van der Waals surface area contributed by atoms with Gasteiger partial charge in [-0.2, -0.15) is 0 Å². The predicted octanol–water partition coefficient (Wildman–Crippen LogP) is 5.10. The van der Waals surface area contributed by atoms with Crippen LogP contribution >= 0.6 is 11.8 Å². The number of amides is 5. The molecule has 5 rings (SSSR count). The summed E-state index contributed by atoms with van der Waals surface area (Å²) in [5.74, 6) is -3.32. The SMILES string of the molecule is COC(=O)[C@H](C)NC(=O)[C@@H](Cc1ccccc1)NC(=O)[C@H](Cc1ccc(-c2ccccc2)cc1)NC(=O)[C@@H](CC1CC=CS1)NC(=O)CCC(=O)Nc1ccccc1. The first kappa shape index (κ1) is 42.9. The second-order valence-corrected chi connectivity index (χ2v) is 15.2. The molecule has 5 amide bonds. The summed E-state index contributed by atoms with van der Waals surface area (Å²) in [4.78, 5) is 80.2. The van der Waals surface area contributed by atoms with Gasteiger partial charge in [0.1, 0.15) is 24.2 Å². The number of hydrogen-bond acceptors (Lipinski definition) is 8. The number of methoxy groups -OCH3 is 1. The van der Waals surface area contributed by atoms with Crippen molar-refractivity contribution in [3.8, 4) is 11.1 Å². The van der Waals surface area contributed by atoms with Crippen molar-refractivity contribution >= 4 is 53.0 Å². The Bertz CT molecular complexity index is 2020. The molecular weight excluding hydrogens is 755 g/mol. The first-order chi connectivity index (χ1) is 28.1. The highest BCUT2D eigenvalue weighted by Crippen LogP contribution is 2.28. The predicted molar refractivity (Wildman–Crippen MR) is 225 cm³/mol. The van der Waals surface area contributed by atoms with Gasteiger partial charge in [-0.3, -0.25) is 24.0 Å². The summed E-state index contributed by atoms with van der Waals surface area (Å²) in [5, 5.41) is 15.9. The van der Waals surface area contributed by atoms with Gasteiger partial charge in [-0.25, -0.2) is 4.79 Å². The molecule has 58 heavy (non-hydrogen) atoms. The van der Waals surface area contributed by atoms with E-state index in [-0.39, 0.29) is 43.3 Å². The average Bonchev–Trinajstić information content (AvgIpc) is 3.76. The highest BCUT2D eigenvalue weighted by Gasteiger charge is 2.32. The van der Waals surface area contributed by atoms with Crippen molar-refractivity contribution in [3.05, 3.63) is 138 Å². The van der Waals surface area contributed by atoms with Crippen molar-refractivity contribution in [2.24, 2.45) is 0 Å². The van der Waals surface area contributed by atoms with Crippen LogP contribution in [-0.2, 0) is 46.3 Å². The van der Waals surface area contributed by atoms with E-state index < -0.39 is 53.8 Å². The molecule has 0 radical (unpaired) electrons. The Labute approximate surface area is 343 Å². The lowest BCUT2D eigenvalue weighted by Gasteiger charge is -2.27. The van der Waals surface area contributed by atoms with E-state index in [0.717, 1.165) is 22.3 Å². The molecule has 0 bridgehead atoms. The van der Waals surface area contributed by atoms with Gasteiger partial charge in [0, 0.05) is 36.6 Å². The Balaban J connectivity index is 1.36. The van der Waals surface area contributed by atoms with E-state index in [1.54, 1.807) is 36.0 Å². The number of para-hydroxylation sites is 1. The Morgan fingerprint density at radius 3 is 1.72 bits per heavy atom. The molecule has 0 fully saturated rings. The van der Waals surface area contributed by atoms with Gasteiger partial charge >= 0.3 is 5.97 Å². The fourth-order valence-corrected chi connectivity index (χ4v) is 7.35. The number of hydrogen-bond donors (Lipinski definition) is 5. The number of ether oxygens (including phenoxy) is 1. The molecule has 0 aromatic heterocycles. The van der Waals surface area contributed by atoms with Crippen LogP contribution in [0, 0.1) is 0 Å². The van der Waals surface area contributed by atoms with Crippen molar-refractivity contribution in [1.29, 1.82) is 0 Å². The first-order valence-electron chi connectivity index (χ1n) is 19.2. The van der Waals surface area contributed by atoms with Crippen molar-refractivity contribution in [3.63, 3.8) is 0 Å². The van der Waals surface area contributed by atoms with E-state index in [2.05, 4.69) is 26.6 Å². The zero-order valence-corrected chi connectivity index (χ0v) is 33.3. The molecule has 12 nitrogen and oxygen atoms in total. The minimum absolute atomic E-state index is 0.00554. The summed E-state index contributed by atoms with van der Waals surface area (Å²) in [6.07, 6.45) is 2.87. The summed E-state index contributed by atoms with van der Waals surface area (Å²) < 4.78 is 4.78. The zero-order valence-electron chi connectivity index (χ0n) is 32.5. The third kappa shape index (κ3) is 13.5. The molecule has 0 saturated carbocycles. The van der Waals surface area contributed by atoms with E-state index in [1.807, 2.05) is 102 Å².